The van der Waals surface area contributed by atoms with Gasteiger partial charge in [-0.15, -0.1) is 0 Å². The van der Waals surface area contributed by atoms with E-state index in [2.05, 4.69) is 17.4 Å². The van der Waals surface area contributed by atoms with E-state index in [0.717, 1.165) is 30.8 Å². The van der Waals surface area contributed by atoms with Gasteiger partial charge in [-0.3, -0.25) is 0 Å². The molecule has 1 aromatic rings. The molecular formula is C15H26N2O3. The predicted molar refractivity (Wildman–Crippen MR) is 76.3 cm³/mol. The second-order valence-electron chi connectivity index (χ2n) is 5.46. The first-order valence-corrected chi connectivity index (χ1v) is 7.60. The van der Waals surface area contributed by atoms with E-state index in [1.54, 1.807) is 7.11 Å². The summed E-state index contributed by atoms with van der Waals surface area (Å²) in [7, 11) is 1.64. The van der Waals surface area contributed by atoms with E-state index >= 15 is 0 Å². The van der Waals surface area contributed by atoms with E-state index in [1.807, 2.05) is 6.07 Å². The number of nitrogens with one attached hydrogen (secondary N) is 1. The van der Waals surface area contributed by atoms with Gasteiger partial charge in [0.25, 0.3) is 0 Å². The number of rotatable bonds is 8. The third-order valence-electron chi connectivity index (χ3n) is 3.72. The Labute approximate surface area is 121 Å². The zero-order chi connectivity index (χ0) is 14.2. The molecule has 0 bridgehead atoms. The Kier molecular flexibility index (Phi) is 6.50. The van der Waals surface area contributed by atoms with Crippen LogP contribution in [0.15, 0.2) is 10.6 Å². The molecule has 0 atom stereocenters. The van der Waals surface area contributed by atoms with Gasteiger partial charge >= 0.3 is 0 Å². The van der Waals surface area contributed by atoms with E-state index in [0.29, 0.717) is 25.4 Å². The lowest BCUT2D eigenvalue weighted by atomic mass is 9.93. The fraction of sp³-hybridized carbons (Fsp3) is 0.800. The fourth-order valence-corrected chi connectivity index (χ4v) is 2.62. The van der Waals surface area contributed by atoms with Crippen LogP contribution in [0.3, 0.4) is 0 Å². The molecule has 0 saturated heterocycles. The van der Waals surface area contributed by atoms with Gasteiger partial charge in [0.2, 0.25) is 0 Å². The SMILES string of the molecule is CCCNC1CCC(OCc2cc(COC)on2)CC1. The number of ether oxygens (including phenoxy) is 2. The van der Waals surface area contributed by atoms with Crippen LogP contribution in [0.5, 0.6) is 0 Å². The van der Waals surface area contributed by atoms with Crippen molar-refractivity contribution in [1.82, 2.24) is 10.5 Å². The van der Waals surface area contributed by atoms with Crippen molar-refractivity contribution in [3.05, 3.63) is 17.5 Å². The quantitative estimate of drug-likeness (QED) is 0.794. The van der Waals surface area contributed by atoms with Gasteiger partial charge in [0.15, 0.2) is 5.76 Å². The Morgan fingerprint density at radius 3 is 2.80 bits per heavy atom. The first-order valence-electron chi connectivity index (χ1n) is 7.60. The maximum Gasteiger partial charge on any atom is 0.162 e. The summed E-state index contributed by atoms with van der Waals surface area (Å²) in [5.74, 6) is 0.749. The van der Waals surface area contributed by atoms with Crippen LogP contribution in [-0.2, 0) is 22.7 Å². The summed E-state index contributed by atoms with van der Waals surface area (Å²) in [5.41, 5.74) is 0.850. The Morgan fingerprint density at radius 1 is 1.30 bits per heavy atom. The third kappa shape index (κ3) is 4.89. The van der Waals surface area contributed by atoms with Crippen molar-refractivity contribution >= 4 is 0 Å². The average molecular weight is 282 g/mol. The maximum absolute atomic E-state index is 5.92. The lowest BCUT2D eigenvalue weighted by molar-refractivity contribution is 0.00879. The highest BCUT2D eigenvalue weighted by molar-refractivity contribution is 5.03. The predicted octanol–water partition coefficient (Wildman–Crippen LogP) is 2.65. The van der Waals surface area contributed by atoms with Crippen LogP contribution >= 0.6 is 0 Å². The second kappa shape index (κ2) is 8.39. The normalized spacial score (nSPS) is 23.1. The molecule has 1 heterocycles. The molecule has 1 aromatic heterocycles. The molecule has 2 rings (SSSR count). The first kappa shape index (κ1) is 15.5. The molecule has 0 unspecified atom stereocenters. The number of nitrogens with zero attached hydrogens (tertiary/aromatic N) is 1. The fourth-order valence-electron chi connectivity index (χ4n) is 2.62. The molecule has 1 aliphatic rings. The van der Waals surface area contributed by atoms with Gasteiger partial charge in [-0.05, 0) is 38.6 Å². The van der Waals surface area contributed by atoms with Gasteiger partial charge in [-0.1, -0.05) is 12.1 Å². The molecule has 20 heavy (non-hydrogen) atoms. The second-order valence-corrected chi connectivity index (χ2v) is 5.46. The van der Waals surface area contributed by atoms with E-state index in [-0.39, 0.29) is 0 Å². The van der Waals surface area contributed by atoms with Gasteiger partial charge < -0.3 is 19.3 Å². The Hall–Kier alpha value is -0.910. The molecule has 1 N–H and O–H groups in total. The van der Waals surface area contributed by atoms with Crippen LogP contribution < -0.4 is 5.32 Å². The summed E-state index contributed by atoms with van der Waals surface area (Å²) < 4.78 is 16.1. The van der Waals surface area contributed by atoms with Crippen LogP contribution in [0, 0.1) is 0 Å². The van der Waals surface area contributed by atoms with Crippen molar-refractivity contribution in [2.24, 2.45) is 0 Å². The Bertz CT molecular complexity index is 373. The van der Waals surface area contributed by atoms with E-state index in [4.69, 9.17) is 14.0 Å². The van der Waals surface area contributed by atoms with Crippen molar-refractivity contribution in [2.75, 3.05) is 13.7 Å². The molecule has 114 valence electrons. The standard InChI is InChI=1S/C15H26N2O3/c1-3-8-16-12-4-6-14(7-5-12)19-10-13-9-15(11-18-2)20-17-13/h9,12,14,16H,3-8,10-11H2,1-2H3. The van der Waals surface area contributed by atoms with Crippen LogP contribution in [-0.4, -0.2) is 31.0 Å². The molecule has 0 amide bonds. The van der Waals surface area contributed by atoms with E-state index in [1.165, 1.54) is 19.3 Å². The minimum atomic E-state index is 0.359. The van der Waals surface area contributed by atoms with Crippen molar-refractivity contribution in [3.8, 4) is 0 Å². The van der Waals surface area contributed by atoms with Crippen molar-refractivity contribution in [3.63, 3.8) is 0 Å². The van der Waals surface area contributed by atoms with E-state index in [9.17, 15) is 0 Å². The molecule has 0 aromatic carbocycles. The summed E-state index contributed by atoms with van der Waals surface area (Å²) in [6.07, 6.45) is 6.23. The molecule has 1 aliphatic carbocycles. The van der Waals surface area contributed by atoms with Crippen LogP contribution in [0.2, 0.25) is 0 Å². The Balaban J connectivity index is 1.65. The molecule has 5 heteroatoms. The summed E-state index contributed by atoms with van der Waals surface area (Å²) in [5, 5.41) is 7.57. The monoisotopic (exact) mass is 282 g/mol. The molecule has 5 nitrogen and oxygen atoms in total. The smallest absolute Gasteiger partial charge is 0.162 e. The van der Waals surface area contributed by atoms with Crippen LogP contribution in [0.1, 0.15) is 50.5 Å². The number of methoxy groups -OCH3 is 1. The molecule has 1 fully saturated rings. The highest BCUT2D eigenvalue weighted by Gasteiger charge is 2.21. The van der Waals surface area contributed by atoms with Crippen molar-refractivity contribution in [2.45, 2.75) is 64.4 Å². The van der Waals surface area contributed by atoms with Crippen LogP contribution in [0.4, 0.5) is 0 Å². The van der Waals surface area contributed by atoms with Crippen LogP contribution in [0.25, 0.3) is 0 Å². The minimum Gasteiger partial charge on any atom is -0.377 e. The van der Waals surface area contributed by atoms with Gasteiger partial charge in [0.05, 0.1) is 12.7 Å². The van der Waals surface area contributed by atoms with E-state index < -0.39 is 0 Å². The minimum absolute atomic E-state index is 0.359. The average Bonchev–Trinajstić information content (AvgIpc) is 2.92. The molecule has 0 aliphatic heterocycles. The van der Waals surface area contributed by atoms with Crippen molar-refractivity contribution < 1.29 is 14.0 Å². The molecule has 0 spiro atoms. The van der Waals surface area contributed by atoms with Gasteiger partial charge in [-0.25, -0.2) is 0 Å². The molecular weight excluding hydrogens is 256 g/mol. The highest BCUT2D eigenvalue weighted by atomic mass is 16.5. The molecule has 1 saturated carbocycles. The lowest BCUT2D eigenvalue weighted by Gasteiger charge is -2.29. The summed E-state index contributed by atoms with van der Waals surface area (Å²) in [4.78, 5) is 0. The first-order chi connectivity index (χ1) is 9.81. The number of hydrogen-bond donors (Lipinski definition) is 1. The third-order valence-corrected chi connectivity index (χ3v) is 3.72. The highest BCUT2D eigenvalue weighted by Crippen LogP contribution is 2.22. The topological polar surface area (TPSA) is 56.5 Å². The van der Waals surface area contributed by atoms with Gasteiger partial charge in [0, 0.05) is 19.2 Å². The van der Waals surface area contributed by atoms with Gasteiger partial charge in [0.1, 0.15) is 12.3 Å². The summed E-state index contributed by atoms with van der Waals surface area (Å²) in [6.45, 7) is 4.32. The maximum atomic E-state index is 5.92. The zero-order valence-corrected chi connectivity index (χ0v) is 12.6. The Morgan fingerprint density at radius 2 is 2.10 bits per heavy atom. The van der Waals surface area contributed by atoms with Crippen molar-refractivity contribution in [1.29, 1.82) is 0 Å². The summed E-state index contributed by atoms with van der Waals surface area (Å²) >= 11 is 0. The van der Waals surface area contributed by atoms with Gasteiger partial charge in [-0.2, -0.15) is 0 Å². The summed E-state index contributed by atoms with van der Waals surface area (Å²) in [6, 6.07) is 2.58. The number of hydrogen-bond acceptors (Lipinski definition) is 5. The zero-order valence-electron chi connectivity index (χ0n) is 12.6. The largest absolute Gasteiger partial charge is 0.377 e. The molecule has 0 radical (unpaired) electrons. The number of aromatic nitrogens is 1. The lowest BCUT2D eigenvalue weighted by Crippen LogP contribution is -2.35.